The summed E-state index contributed by atoms with van der Waals surface area (Å²) in [5.41, 5.74) is 0.385. The van der Waals surface area contributed by atoms with Gasteiger partial charge in [-0.15, -0.1) is 0 Å². The van der Waals surface area contributed by atoms with Crippen LogP contribution in [0.2, 0.25) is 0 Å². The molecule has 1 aliphatic heterocycles. The van der Waals surface area contributed by atoms with Crippen LogP contribution in [0.25, 0.3) is 21.8 Å². The van der Waals surface area contributed by atoms with Gasteiger partial charge in [0.25, 0.3) is 5.91 Å². The van der Waals surface area contributed by atoms with Gasteiger partial charge < -0.3 is 20.2 Å². The van der Waals surface area contributed by atoms with E-state index in [1.807, 2.05) is 0 Å². The summed E-state index contributed by atoms with van der Waals surface area (Å²) in [5, 5.41) is 16.7. The Labute approximate surface area is 212 Å². The van der Waals surface area contributed by atoms with E-state index in [4.69, 9.17) is 0 Å². The fraction of sp³-hybridized carbons (Fsp3) is 0.259. The number of hydrogen-bond acceptors (Lipinski definition) is 5. The lowest BCUT2D eigenvalue weighted by molar-refractivity contribution is 0.0908. The number of hydroxylamine groups is 2. The molecule has 0 aliphatic carbocycles. The van der Waals surface area contributed by atoms with Crippen molar-refractivity contribution in [2.75, 3.05) is 24.6 Å². The van der Waals surface area contributed by atoms with Gasteiger partial charge in [0.1, 0.15) is 23.0 Å². The summed E-state index contributed by atoms with van der Waals surface area (Å²) in [6.07, 6.45) is 0. The minimum Gasteiger partial charge on any atom is -0.627 e. The van der Waals surface area contributed by atoms with Crippen molar-refractivity contribution in [2.45, 2.75) is 19.4 Å². The van der Waals surface area contributed by atoms with Crippen LogP contribution < -0.4 is 15.4 Å². The first-order valence-electron chi connectivity index (χ1n) is 11.8. The first-order valence-corrected chi connectivity index (χ1v) is 13.7. The molecule has 1 aliphatic rings. The van der Waals surface area contributed by atoms with Crippen LogP contribution >= 0.6 is 0 Å². The van der Waals surface area contributed by atoms with Gasteiger partial charge >= 0.3 is 0 Å². The molecule has 192 valence electrons. The highest BCUT2D eigenvalue weighted by atomic mass is 32.2. The normalized spacial score (nSPS) is 17.1. The van der Waals surface area contributed by atoms with Gasteiger partial charge in [0.05, 0.1) is 29.7 Å². The third kappa shape index (κ3) is 4.63. The third-order valence-electron chi connectivity index (χ3n) is 7.03. The van der Waals surface area contributed by atoms with Gasteiger partial charge in [-0.2, -0.15) is 0 Å². The zero-order valence-corrected chi connectivity index (χ0v) is 21.2. The Morgan fingerprint density at radius 3 is 2.43 bits per heavy atom. The lowest BCUT2D eigenvalue weighted by Crippen LogP contribution is -2.53. The van der Waals surface area contributed by atoms with Crippen molar-refractivity contribution in [3.05, 3.63) is 93.0 Å². The Bertz CT molecular complexity index is 1720. The maximum atomic E-state index is 15.0. The molecule has 1 amide bonds. The highest BCUT2D eigenvalue weighted by Crippen LogP contribution is 2.30. The lowest BCUT2D eigenvalue weighted by Gasteiger charge is -2.45. The molecule has 0 unspecified atom stereocenters. The monoisotopic (exact) mass is 523 g/mol. The van der Waals surface area contributed by atoms with Crippen molar-refractivity contribution >= 4 is 43.2 Å². The number of fused-ring (bicyclic) bond motifs is 2. The molecule has 0 saturated carbocycles. The average molecular weight is 524 g/mol. The molecule has 1 aromatic heterocycles. The van der Waals surface area contributed by atoms with Crippen LogP contribution in [0.5, 0.6) is 0 Å². The van der Waals surface area contributed by atoms with Gasteiger partial charge in [0.2, 0.25) is 0 Å². The Balaban J connectivity index is 1.45. The summed E-state index contributed by atoms with van der Waals surface area (Å²) in [4.78, 5) is 29.1. The maximum Gasteiger partial charge on any atom is 0.255 e. The van der Waals surface area contributed by atoms with Crippen molar-refractivity contribution in [1.82, 2.24) is 14.9 Å². The van der Waals surface area contributed by atoms with Crippen LogP contribution in [0.4, 0.5) is 10.1 Å². The molecule has 5 rings (SSSR count). The Morgan fingerprint density at radius 2 is 1.70 bits per heavy atom. The number of benzene rings is 3. The quantitative estimate of drug-likeness (QED) is 0.240. The van der Waals surface area contributed by atoms with E-state index < -0.39 is 31.7 Å². The van der Waals surface area contributed by atoms with Crippen LogP contribution in [0.1, 0.15) is 29.8 Å². The van der Waals surface area contributed by atoms with Crippen molar-refractivity contribution in [3.63, 3.8) is 0 Å². The van der Waals surface area contributed by atoms with Crippen LogP contribution in [0, 0.1) is 11.0 Å². The highest BCUT2D eigenvalue weighted by Gasteiger charge is 2.33. The van der Waals surface area contributed by atoms with E-state index >= 15 is 4.39 Å². The maximum absolute atomic E-state index is 15.0. The van der Waals surface area contributed by atoms with E-state index in [9.17, 15) is 23.2 Å². The number of nitrogens with one attached hydrogen (secondary N) is 2. The number of aromatic amines is 1. The van der Waals surface area contributed by atoms with E-state index in [0.29, 0.717) is 27.7 Å². The van der Waals surface area contributed by atoms with Gasteiger partial charge in [0, 0.05) is 22.4 Å². The third-order valence-corrected chi connectivity index (χ3v) is 8.64. The molecule has 1 saturated heterocycles. The first kappa shape index (κ1) is 25.1. The second kappa shape index (κ2) is 8.76. The van der Waals surface area contributed by atoms with E-state index in [0.717, 1.165) is 6.07 Å². The predicted octanol–water partition coefficient (Wildman–Crippen LogP) is 3.72. The van der Waals surface area contributed by atoms with Crippen molar-refractivity contribution < 1.29 is 17.6 Å². The molecule has 0 radical (unpaired) electrons. The fourth-order valence-electron chi connectivity index (χ4n) is 4.74. The number of H-pyrrole nitrogens is 1. The number of para-hydroxylation sites is 1. The molecule has 0 bridgehead atoms. The number of sulfone groups is 1. The van der Waals surface area contributed by atoms with Crippen LogP contribution in [0.3, 0.4) is 0 Å². The minimum absolute atomic E-state index is 0.0756. The second-order valence-corrected chi connectivity index (χ2v) is 12.3. The zero-order chi connectivity index (χ0) is 26.6. The summed E-state index contributed by atoms with van der Waals surface area (Å²) in [5.74, 6) is -1.87. The van der Waals surface area contributed by atoms with Gasteiger partial charge in [-0.25, -0.2) is 12.8 Å². The smallest absolute Gasteiger partial charge is 0.255 e. The second-order valence-electron chi connectivity index (χ2n) is 10.00. The summed E-state index contributed by atoms with van der Waals surface area (Å²) in [7, 11) is -3.21. The van der Waals surface area contributed by atoms with Gasteiger partial charge in [0.15, 0.2) is 15.3 Å². The number of pyridine rings is 1. The Hall–Kier alpha value is -3.60. The van der Waals surface area contributed by atoms with Crippen LogP contribution in [-0.2, 0) is 15.4 Å². The molecular formula is C27H26FN3O5S. The van der Waals surface area contributed by atoms with E-state index in [-0.39, 0.29) is 41.0 Å². The van der Waals surface area contributed by atoms with E-state index in [1.165, 1.54) is 6.07 Å². The molecule has 8 nitrogen and oxygen atoms in total. The minimum atomic E-state index is -3.21. The molecule has 10 heteroatoms. The number of quaternary nitrogens is 1. The number of rotatable bonds is 4. The molecule has 2 heterocycles. The number of aromatic nitrogens is 1. The number of amides is 1. The molecule has 1 fully saturated rings. The zero-order valence-electron chi connectivity index (χ0n) is 20.4. The lowest BCUT2D eigenvalue weighted by atomic mass is 9.93. The number of nitrogens with zero attached hydrogens (tertiary/aromatic N) is 1. The summed E-state index contributed by atoms with van der Waals surface area (Å²) in [6, 6.07) is 16.0. The van der Waals surface area contributed by atoms with Crippen molar-refractivity contribution in [1.29, 1.82) is 0 Å². The largest absolute Gasteiger partial charge is 0.627 e. The van der Waals surface area contributed by atoms with Gasteiger partial charge in [-0.05, 0) is 49.7 Å². The molecule has 4 aromatic rings. The Kier molecular flexibility index (Phi) is 5.93. The van der Waals surface area contributed by atoms with Crippen molar-refractivity contribution in [2.24, 2.45) is 0 Å². The average Bonchev–Trinajstić information content (AvgIpc) is 2.86. The number of hydrogen-bond donors (Lipinski definition) is 2. The summed E-state index contributed by atoms with van der Waals surface area (Å²) < 4.78 is 37.9. The standard InChI is InChI=1S/C27H26FN3O5S/c1-27(2,17-6-5-7-18(14-17)31(34)10-12-37(35,36)13-11-31)30-26(33)20-16-24-21(15-22(20)28)25(32)19-8-3-4-9-23(19)29-24/h3-9,14-16H,10-13H2,1-2H3,(H,29,32)(H,30,33). The van der Waals surface area contributed by atoms with Gasteiger partial charge in [-0.1, -0.05) is 24.3 Å². The molecule has 0 atom stereocenters. The molecule has 3 aromatic carbocycles. The highest BCUT2D eigenvalue weighted by molar-refractivity contribution is 7.91. The topological polar surface area (TPSA) is 119 Å². The SMILES string of the molecule is CC(C)(NC(=O)c1cc2[nH]c3ccccc3c(=O)c2cc1F)c1cccc([N+]2([O-])CCS(=O)(=O)CC2)c1. The van der Waals surface area contributed by atoms with Crippen molar-refractivity contribution in [3.8, 4) is 0 Å². The summed E-state index contributed by atoms with van der Waals surface area (Å²) >= 11 is 0. The summed E-state index contributed by atoms with van der Waals surface area (Å²) in [6.45, 7) is 3.31. The first-order chi connectivity index (χ1) is 17.4. The van der Waals surface area contributed by atoms with Crippen LogP contribution in [0.15, 0.2) is 65.5 Å². The Morgan fingerprint density at radius 1 is 1.00 bits per heavy atom. The molecule has 0 spiro atoms. The van der Waals surface area contributed by atoms with Gasteiger partial charge in [-0.3, -0.25) is 9.59 Å². The number of carbonyl (C=O) groups excluding carboxylic acids is 1. The fourth-order valence-corrected chi connectivity index (χ4v) is 6.09. The predicted molar refractivity (Wildman–Crippen MR) is 143 cm³/mol. The van der Waals surface area contributed by atoms with E-state index in [2.05, 4.69) is 10.3 Å². The number of carbonyl (C=O) groups is 1. The van der Waals surface area contributed by atoms with Crippen LogP contribution in [-0.4, -0.2) is 43.9 Å². The van der Waals surface area contributed by atoms with E-state index in [1.54, 1.807) is 62.4 Å². The molecular weight excluding hydrogens is 497 g/mol. The number of halogens is 1. The molecule has 37 heavy (non-hydrogen) atoms. The molecule has 2 N–H and O–H groups in total.